The molecule has 0 saturated carbocycles. The van der Waals surface area contributed by atoms with Crippen molar-refractivity contribution < 1.29 is 5.11 Å². The van der Waals surface area contributed by atoms with Gasteiger partial charge in [0.05, 0.1) is 0 Å². The van der Waals surface area contributed by atoms with Gasteiger partial charge in [0.1, 0.15) is 5.75 Å². The predicted molar refractivity (Wildman–Crippen MR) is 56.4 cm³/mol. The van der Waals surface area contributed by atoms with Crippen LogP contribution in [0.2, 0.25) is 0 Å². The van der Waals surface area contributed by atoms with E-state index in [4.69, 9.17) is 11.6 Å². The third kappa shape index (κ3) is 1.45. The first-order valence-corrected chi connectivity index (χ1v) is 4.35. The average molecular weight is 205 g/mol. The molecule has 0 aliphatic carbocycles. The van der Waals surface area contributed by atoms with Gasteiger partial charge in [-0.05, 0) is 30.7 Å². The summed E-state index contributed by atoms with van der Waals surface area (Å²) in [6.45, 7) is 1.85. The molecule has 0 radical (unpaired) electrons. The minimum atomic E-state index is 0.150. The van der Waals surface area contributed by atoms with Crippen LogP contribution in [0.25, 0.3) is 11.4 Å². The third-order valence-electron chi connectivity index (χ3n) is 2.17. The second-order valence-electron chi connectivity index (χ2n) is 3.25. The normalized spacial score (nSPS) is 10.5. The molecule has 0 spiro atoms. The van der Waals surface area contributed by atoms with Crippen LogP contribution in [0.3, 0.4) is 0 Å². The summed E-state index contributed by atoms with van der Waals surface area (Å²) in [6.07, 6.45) is 0. The van der Waals surface area contributed by atoms with Crippen LogP contribution in [-0.2, 0) is 0 Å². The number of aryl methyl sites for hydroxylation is 1. The van der Waals surface area contributed by atoms with Gasteiger partial charge in [-0.25, -0.2) is 4.68 Å². The van der Waals surface area contributed by atoms with Gasteiger partial charge in [0.25, 0.3) is 0 Å². The van der Waals surface area contributed by atoms with Gasteiger partial charge in [-0.3, -0.25) is 0 Å². The van der Waals surface area contributed by atoms with Crippen LogP contribution >= 0.6 is 0 Å². The Morgan fingerprint density at radius 1 is 1.33 bits per heavy atom. The van der Waals surface area contributed by atoms with Crippen molar-refractivity contribution in [2.75, 3.05) is 11.6 Å². The van der Waals surface area contributed by atoms with Crippen molar-refractivity contribution >= 4 is 5.95 Å². The highest BCUT2D eigenvalue weighted by Crippen LogP contribution is 2.24. The zero-order valence-electron chi connectivity index (χ0n) is 8.18. The molecule has 2 aromatic rings. The number of nitrogens with zero attached hydrogens (tertiary/aromatic N) is 3. The van der Waals surface area contributed by atoms with Crippen molar-refractivity contribution in [2.45, 2.75) is 6.92 Å². The molecule has 0 aliphatic heterocycles. The fourth-order valence-corrected chi connectivity index (χ4v) is 1.39. The summed E-state index contributed by atoms with van der Waals surface area (Å²) >= 11 is 0. The summed E-state index contributed by atoms with van der Waals surface area (Å²) in [5.41, 5.74) is 7.12. The van der Waals surface area contributed by atoms with Crippen LogP contribution < -0.4 is 11.6 Å². The van der Waals surface area contributed by atoms with Gasteiger partial charge in [0.15, 0.2) is 5.82 Å². The van der Waals surface area contributed by atoms with Crippen molar-refractivity contribution in [3.8, 4) is 17.1 Å². The Kier molecular flexibility index (Phi) is 1.96. The van der Waals surface area contributed by atoms with Gasteiger partial charge >= 0.3 is 0 Å². The summed E-state index contributed by atoms with van der Waals surface area (Å²) in [4.78, 5) is 0. The molecule has 0 amide bonds. The van der Waals surface area contributed by atoms with E-state index in [2.05, 4.69) is 10.2 Å². The van der Waals surface area contributed by atoms with Gasteiger partial charge in [-0.2, -0.15) is 0 Å². The lowest BCUT2D eigenvalue weighted by atomic mass is 10.1. The quantitative estimate of drug-likeness (QED) is 0.579. The molecule has 1 aromatic carbocycles. The molecular formula is C9H11N5O. The number of nitrogen functional groups attached to an aromatic ring is 2. The van der Waals surface area contributed by atoms with E-state index in [9.17, 15) is 5.11 Å². The number of benzene rings is 1. The van der Waals surface area contributed by atoms with Crippen LogP contribution in [0.4, 0.5) is 5.95 Å². The molecule has 0 bridgehead atoms. The summed E-state index contributed by atoms with van der Waals surface area (Å²) in [6, 6.07) is 4.91. The highest BCUT2D eigenvalue weighted by atomic mass is 16.3. The van der Waals surface area contributed by atoms with Gasteiger partial charge in [-0.15, -0.1) is 10.2 Å². The first-order valence-electron chi connectivity index (χ1n) is 4.35. The number of hydrogen-bond acceptors (Lipinski definition) is 5. The average Bonchev–Trinajstić information content (AvgIpc) is 2.49. The number of nitrogens with two attached hydrogens (primary N) is 2. The first-order chi connectivity index (χ1) is 7.09. The summed E-state index contributed by atoms with van der Waals surface area (Å²) in [7, 11) is 0. The summed E-state index contributed by atoms with van der Waals surface area (Å²) in [5, 5.41) is 16.8. The molecule has 6 heteroatoms. The number of aromatic hydroxyl groups is 1. The fourth-order valence-electron chi connectivity index (χ4n) is 1.39. The van der Waals surface area contributed by atoms with Gasteiger partial charge in [-0.1, -0.05) is 0 Å². The van der Waals surface area contributed by atoms with Crippen molar-refractivity contribution in [2.24, 2.45) is 0 Å². The first kappa shape index (κ1) is 9.32. The predicted octanol–water partition coefficient (Wildman–Crippen LogP) is 0.255. The molecule has 15 heavy (non-hydrogen) atoms. The topological polar surface area (TPSA) is 103 Å². The molecular weight excluding hydrogens is 194 g/mol. The van der Waals surface area contributed by atoms with Crippen molar-refractivity contribution in [3.63, 3.8) is 0 Å². The Morgan fingerprint density at radius 2 is 2.07 bits per heavy atom. The van der Waals surface area contributed by atoms with Gasteiger partial charge in [0.2, 0.25) is 5.95 Å². The maximum atomic E-state index is 9.26. The highest BCUT2D eigenvalue weighted by Gasteiger charge is 2.11. The fraction of sp³-hybridized carbons (Fsp3) is 0.111. The van der Waals surface area contributed by atoms with E-state index in [0.29, 0.717) is 5.82 Å². The van der Waals surface area contributed by atoms with Crippen molar-refractivity contribution in [1.29, 1.82) is 0 Å². The zero-order valence-corrected chi connectivity index (χ0v) is 8.18. The molecule has 1 heterocycles. The Bertz CT molecular complexity index is 505. The Hall–Kier alpha value is -2.24. The molecule has 1 aromatic heterocycles. The van der Waals surface area contributed by atoms with Crippen molar-refractivity contribution in [1.82, 2.24) is 14.9 Å². The molecule has 0 fully saturated rings. The summed E-state index contributed by atoms with van der Waals surface area (Å²) in [5.74, 6) is 6.47. The van der Waals surface area contributed by atoms with E-state index in [-0.39, 0.29) is 11.7 Å². The minimum absolute atomic E-state index is 0.150. The van der Waals surface area contributed by atoms with E-state index in [1.165, 1.54) is 4.68 Å². The Morgan fingerprint density at radius 3 is 2.60 bits per heavy atom. The van der Waals surface area contributed by atoms with Crippen LogP contribution in [0, 0.1) is 6.92 Å². The lowest BCUT2D eigenvalue weighted by molar-refractivity contribution is 0.475. The number of hydrogen-bond donors (Lipinski definition) is 3. The van der Waals surface area contributed by atoms with Crippen LogP contribution in [0.1, 0.15) is 5.56 Å². The second-order valence-corrected chi connectivity index (χ2v) is 3.25. The number of aromatic nitrogens is 3. The molecule has 0 aliphatic rings. The number of phenolic OH excluding ortho intramolecular Hbond substituents is 1. The number of anilines is 1. The van der Waals surface area contributed by atoms with Crippen LogP contribution in [0.5, 0.6) is 5.75 Å². The number of rotatable bonds is 1. The van der Waals surface area contributed by atoms with Gasteiger partial charge in [0, 0.05) is 5.56 Å². The van der Waals surface area contributed by atoms with Crippen molar-refractivity contribution in [3.05, 3.63) is 23.8 Å². The van der Waals surface area contributed by atoms with Crippen LogP contribution in [0.15, 0.2) is 18.2 Å². The van der Waals surface area contributed by atoms with Gasteiger partial charge < -0.3 is 16.7 Å². The maximum absolute atomic E-state index is 9.26. The smallest absolute Gasteiger partial charge is 0.241 e. The van der Waals surface area contributed by atoms with E-state index < -0.39 is 0 Å². The van der Waals surface area contributed by atoms with E-state index in [0.717, 1.165) is 11.1 Å². The molecule has 5 N–H and O–H groups in total. The highest BCUT2D eigenvalue weighted by molar-refractivity contribution is 5.62. The van der Waals surface area contributed by atoms with E-state index >= 15 is 0 Å². The standard InChI is InChI=1S/C9H11N5O/c1-5-4-6(15)2-3-7(5)8-12-13-9(10)14(8)11/h2-4,15H,11H2,1H3,(H2,10,13). The zero-order chi connectivity index (χ0) is 11.0. The number of phenols is 1. The lowest BCUT2D eigenvalue weighted by Crippen LogP contribution is -2.13. The van der Waals surface area contributed by atoms with E-state index in [1.807, 2.05) is 6.92 Å². The molecule has 2 rings (SSSR count). The maximum Gasteiger partial charge on any atom is 0.241 e. The monoisotopic (exact) mass is 205 g/mol. The second kappa shape index (κ2) is 3.16. The van der Waals surface area contributed by atoms with Crippen LogP contribution in [-0.4, -0.2) is 20.0 Å². The molecule has 0 unspecified atom stereocenters. The molecule has 6 nitrogen and oxygen atoms in total. The molecule has 0 atom stereocenters. The van der Waals surface area contributed by atoms with E-state index in [1.54, 1.807) is 18.2 Å². The molecule has 0 saturated heterocycles. The summed E-state index contributed by atoms with van der Waals surface area (Å²) < 4.78 is 1.21. The SMILES string of the molecule is Cc1cc(O)ccc1-c1nnc(N)n1N. The Balaban J connectivity index is 2.59. The third-order valence-corrected chi connectivity index (χ3v) is 2.17. The minimum Gasteiger partial charge on any atom is -0.508 e. The largest absolute Gasteiger partial charge is 0.508 e. The molecule has 78 valence electrons. The Labute approximate surface area is 86.1 Å². The lowest BCUT2D eigenvalue weighted by Gasteiger charge is -2.05.